The lowest BCUT2D eigenvalue weighted by molar-refractivity contribution is 0.293. The Morgan fingerprint density at radius 3 is 2.78 bits per heavy atom. The number of rotatable bonds is 8. The lowest BCUT2D eigenvalue weighted by Crippen LogP contribution is -2.28. The zero-order chi connectivity index (χ0) is 13.4. The van der Waals surface area contributed by atoms with E-state index in [9.17, 15) is 0 Å². The van der Waals surface area contributed by atoms with E-state index in [1.807, 2.05) is 25.1 Å². The highest BCUT2D eigenvalue weighted by Crippen LogP contribution is 2.22. The monoisotopic (exact) mass is 269 g/mol. The van der Waals surface area contributed by atoms with E-state index in [0.717, 1.165) is 42.3 Å². The minimum absolute atomic E-state index is 0.610. The number of hydrogen-bond donors (Lipinski definition) is 1. The van der Waals surface area contributed by atoms with Gasteiger partial charge < -0.3 is 10.1 Å². The van der Waals surface area contributed by atoms with Gasteiger partial charge in [0.1, 0.15) is 5.75 Å². The summed E-state index contributed by atoms with van der Waals surface area (Å²) < 4.78 is 5.78. The third kappa shape index (κ3) is 5.28. The summed E-state index contributed by atoms with van der Waals surface area (Å²) in [4.78, 5) is 0. The van der Waals surface area contributed by atoms with Gasteiger partial charge in [0.25, 0.3) is 0 Å². The summed E-state index contributed by atoms with van der Waals surface area (Å²) in [5.74, 6) is 0.902. The molecule has 1 N–H and O–H groups in total. The maximum Gasteiger partial charge on any atom is 0.123 e. The summed E-state index contributed by atoms with van der Waals surface area (Å²) >= 11 is 5.95. The molecule has 0 aliphatic carbocycles. The molecule has 1 atom stereocenters. The number of benzene rings is 1. The molecule has 18 heavy (non-hydrogen) atoms. The number of ether oxygens (including phenoxy) is 1. The average Bonchev–Trinajstić information content (AvgIpc) is 2.37. The Morgan fingerprint density at radius 1 is 1.33 bits per heavy atom. The summed E-state index contributed by atoms with van der Waals surface area (Å²) in [5, 5.41) is 4.21. The molecule has 1 aromatic carbocycles. The van der Waals surface area contributed by atoms with Gasteiger partial charge in [-0.1, -0.05) is 31.5 Å². The van der Waals surface area contributed by atoms with Gasteiger partial charge in [-0.15, -0.1) is 0 Å². The zero-order valence-corrected chi connectivity index (χ0v) is 12.4. The minimum atomic E-state index is 0.610. The van der Waals surface area contributed by atoms with Crippen LogP contribution in [0.4, 0.5) is 0 Å². The average molecular weight is 270 g/mol. The molecule has 0 radical (unpaired) electrons. The Labute approximate surface area is 116 Å². The quantitative estimate of drug-likeness (QED) is 0.715. The maximum atomic E-state index is 5.95. The van der Waals surface area contributed by atoms with Gasteiger partial charge in [-0.05, 0) is 50.4 Å². The first kappa shape index (κ1) is 15.3. The summed E-state index contributed by atoms with van der Waals surface area (Å²) in [5.41, 5.74) is 1.14. The lowest BCUT2D eigenvalue weighted by atomic mass is 10.1. The molecule has 0 amide bonds. The van der Waals surface area contributed by atoms with Crippen LogP contribution in [0, 0.1) is 6.92 Å². The molecule has 1 unspecified atom stereocenters. The van der Waals surface area contributed by atoms with Gasteiger partial charge in [-0.25, -0.2) is 0 Å². The van der Waals surface area contributed by atoms with E-state index in [1.165, 1.54) is 6.42 Å². The Morgan fingerprint density at radius 2 is 2.11 bits per heavy atom. The summed E-state index contributed by atoms with van der Waals surface area (Å²) in [7, 11) is 0. The predicted octanol–water partition coefficient (Wildman–Crippen LogP) is 4.20. The van der Waals surface area contributed by atoms with E-state index >= 15 is 0 Å². The lowest BCUT2D eigenvalue weighted by Gasteiger charge is -2.16. The SMILES string of the molecule is CCNC(CC)CCCOc1cc(Cl)ccc1C. The molecule has 0 spiro atoms. The Hall–Kier alpha value is -0.730. The Bertz CT molecular complexity index is 354. The first-order valence-electron chi connectivity index (χ1n) is 6.79. The van der Waals surface area contributed by atoms with Gasteiger partial charge in [0.2, 0.25) is 0 Å². The maximum absolute atomic E-state index is 5.95. The largest absolute Gasteiger partial charge is 0.493 e. The highest BCUT2D eigenvalue weighted by Gasteiger charge is 2.05. The van der Waals surface area contributed by atoms with Gasteiger partial charge >= 0.3 is 0 Å². The topological polar surface area (TPSA) is 21.3 Å². The van der Waals surface area contributed by atoms with E-state index < -0.39 is 0 Å². The second kappa shape index (κ2) is 8.39. The Kier molecular flexibility index (Phi) is 7.14. The van der Waals surface area contributed by atoms with Crippen molar-refractivity contribution in [3.63, 3.8) is 0 Å². The van der Waals surface area contributed by atoms with Crippen molar-refractivity contribution >= 4 is 11.6 Å². The highest BCUT2D eigenvalue weighted by molar-refractivity contribution is 6.30. The number of halogens is 1. The number of nitrogens with one attached hydrogen (secondary N) is 1. The zero-order valence-electron chi connectivity index (χ0n) is 11.6. The van der Waals surface area contributed by atoms with Crippen molar-refractivity contribution in [1.82, 2.24) is 5.32 Å². The fourth-order valence-corrected chi connectivity index (χ4v) is 2.14. The van der Waals surface area contributed by atoms with Crippen LogP contribution in [0.25, 0.3) is 0 Å². The molecule has 0 fully saturated rings. The van der Waals surface area contributed by atoms with Crippen LogP contribution in [0.1, 0.15) is 38.7 Å². The van der Waals surface area contributed by atoms with Crippen LogP contribution in [-0.4, -0.2) is 19.2 Å². The molecule has 0 bridgehead atoms. The van der Waals surface area contributed by atoms with Crippen molar-refractivity contribution in [2.45, 2.75) is 46.1 Å². The van der Waals surface area contributed by atoms with Crippen molar-refractivity contribution in [2.24, 2.45) is 0 Å². The van der Waals surface area contributed by atoms with Crippen LogP contribution >= 0.6 is 11.6 Å². The fourth-order valence-electron chi connectivity index (χ4n) is 1.98. The molecule has 102 valence electrons. The van der Waals surface area contributed by atoms with E-state index in [0.29, 0.717) is 6.04 Å². The third-order valence-electron chi connectivity index (χ3n) is 3.09. The van der Waals surface area contributed by atoms with Crippen molar-refractivity contribution in [2.75, 3.05) is 13.2 Å². The van der Waals surface area contributed by atoms with Crippen LogP contribution < -0.4 is 10.1 Å². The minimum Gasteiger partial charge on any atom is -0.493 e. The molecular weight excluding hydrogens is 246 g/mol. The third-order valence-corrected chi connectivity index (χ3v) is 3.33. The van der Waals surface area contributed by atoms with Gasteiger partial charge in [0.15, 0.2) is 0 Å². The molecule has 0 aliphatic heterocycles. The van der Waals surface area contributed by atoms with Gasteiger partial charge in [0.05, 0.1) is 6.61 Å². The number of aryl methyl sites for hydroxylation is 1. The highest BCUT2D eigenvalue weighted by atomic mass is 35.5. The van der Waals surface area contributed by atoms with Crippen LogP contribution in [0.5, 0.6) is 5.75 Å². The van der Waals surface area contributed by atoms with Crippen LogP contribution in [0.15, 0.2) is 18.2 Å². The smallest absolute Gasteiger partial charge is 0.123 e. The molecule has 0 saturated heterocycles. The van der Waals surface area contributed by atoms with Crippen molar-refractivity contribution < 1.29 is 4.74 Å². The first-order chi connectivity index (χ1) is 8.67. The molecule has 0 saturated carbocycles. The normalized spacial score (nSPS) is 12.4. The van der Waals surface area contributed by atoms with Crippen molar-refractivity contribution in [3.8, 4) is 5.75 Å². The van der Waals surface area contributed by atoms with E-state index in [4.69, 9.17) is 16.3 Å². The van der Waals surface area contributed by atoms with Gasteiger partial charge in [0, 0.05) is 11.1 Å². The first-order valence-corrected chi connectivity index (χ1v) is 7.17. The molecule has 0 aromatic heterocycles. The molecule has 1 rings (SSSR count). The van der Waals surface area contributed by atoms with E-state index in [2.05, 4.69) is 19.2 Å². The van der Waals surface area contributed by atoms with Crippen LogP contribution in [0.3, 0.4) is 0 Å². The number of hydrogen-bond acceptors (Lipinski definition) is 2. The van der Waals surface area contributed by atoms with Gasteiger partial charge in [-0.2, -0.15) is 0 Å². The molecule has 0 heterocycles. The Balaban J connectivity index is 2.31. The molecule has 0 aliphatic rings. The molecule has 3 heteroatoms. The van der Waals surface area contributed by atoms with E-state index in [1.54, 1.807) is 0 Å². The second-order valence-corrected chi connectivity index (χ2v) is 5.00. The fraction of sp³-hybridized carbons (Fsp3) is 0.600. The van der Waals surface area contributed by atoms with Crippen molar-refractivity contribution in [3.05, 3.63) is 28.8 Å². The summed E-state index contributed by atoms with van der Waals surface area (Å²) in [6, 6.07) is 6.38. The molecular formula is C15H24ClNO. The summed E-state index contributed by atoms with van der Waals surface area (Å²) in [6.07, 6.45) is 3.39. The van der Waals surface area contributed by atoms with Crippen LogP contribution in [-0.2, 0) is 0 Å². The standard InChI is InChI=1S/C15H24ClNO/c1-4-14(17-5-2)7-6-10-18-15-11-13(16)9-8-12(15)3/h8-9,11,14,17H,4-7,10H2,1-3H3. The van der Waals surface area contributed by atoms with Crippen molar-refractivity contribution in [1.29, 1.82) is 0 Å². The summed E-state index contributed by atoms with van der Waals surface area (Å²) in [6.45, 7) is 8.19. The predicted molar refractivity (Wildman–Crippen MR) is 78.7 cm³/mol. The van der Waals surface area contributed by atoms with Gasteiger partial charge in [-0.3, -0.25) is 0 Å². The van der Waals surface area contributed by atoms with E-state index in [-0.39, 0.29) is 0 Å². The molecule has 1 aromatic rings. The second-order valence-electron chi connectivity index (χ2n) is 4.56. The van der Waals surface area contributed by atoms with Crippen LogP contribution in [0.2, 0.25) is 5.02 Å². The molecule has 2 nitrogen and oxygen atoms in total.